The maximum Gasteiger partial charge on any atom is 0.331 e. The predicted molar refractivity (Wildman–Crippen MR) is 163 cm³/mol. The zero-order valence-electron chi connectivity index (χ0n) is 25.8. The monoisotopic (exact) mass is 563 g/mol. The van der Waals surface area contributed by atoms with Crippen molar-refractivity contribution in [3.63, 3.8) is 0 Å². The lowest BCUT2D eigenvalue weighted by Gasteiger charge is -2.28. The summed E-state index contributed by atoms with van der Waals surface area (Å²) in [6.45, 7) is 7.88. The Kier molecular flexibility index (Phi) is 13.2. The van der Waals surface area contributed by atoms with Crippen LogP contribution in [0.3, 0.4) is 0 Å². The number of hydrogen-bond acceptors (Lipinski definition) is 5. The quantitative estimate of drug-likeness (QED) is 0.115. The molecule has 1 aliphatic carbocycles. The van der Waals surface area contributed by atoms with Crippen molar-refractivity contribution in [2.45, 2.75) is 130 Å². The second kappa shape index (κ2) is 16.6. The fraction of sp³-hybridized carbons (Fsp3) is 0.657. The van der Waals surface area contributed by atoms with Gasteiger partial charge in [0.25, 0.3) is 0 Å². The molecule has 1 saturated carbocycles. The Labute approximate surface area is 247 Å². The summed E-state index contributed by atoms with van der Waals surface area (Å²) < 4.78 is 20.4. The number of carbonyl (C=O) groups excluding carboxylic acids is 1. The largest absolute Gasteiger partial charge is 0.422 e. The first kappa shape index (κ1) is 32.7. The Morgan fingerprint density at radius 1 is 1.02 bits per heavy atom. The highest BCUT2D eigenvalue weighted by Crippen LogP contribution is 2.38. The number of hydrogen-bond donors (Lipinski definition) is 0. The number of esters is 1. The fourth-order valence-electron chi connectivity index (χ4n) is 5.97. The Hall–Kier alpha value is -2.81. The van der Waals surface area contributed by atoms with E-state index in [1.165, 1.54) is 76.3 Å². The van der Waals surface area contributed by atoms with Gasteiger partial charge >= 0.3 is 5.97 Å². The van der Waals surface area contributed by atoms with Crippen LogP contribution in [0.25, 0.3) is 11.4 Å². The summed E-state index contributed by atoms with van der Waals surface area (Å²) in [6, 6.07) is 6.50. The predicted octanol–water partition coefficient (Wildman–Crippen LogP) is 9.96. The zero-order valence-corrected chi connectivity index (χ0v) is 25.8. The first-order valence-corrected chi connectivity index (χ1v) is 16.1. The van der Waals surface area contributed by atoms with Crippen molar-refractivity contribution in [2.75, 3.05) is 0 Å². The third kappa shape index (κ3) is 9.35. The Bertz CT molecular complexity index is 1120. The zero-order chi connectivity index (χ0) is 29.7. The summed E-state index contributed by atoms with van der Waals surface area (Å²) in [4.78, 5) is 22.0. The molecule has 3 rings (SSSR count). The lowest BCUT2D eigenvalue weighted by molar-refractivity contribution is -0.144. The minimum atomic E-state index is -1.34. The summed E-state index contributed by atoms with van der Waals surface area (Å²) in [5.41, 5.74) is 0.332. The van der Waals surface area contributed by atoms with Gasteiger partial charge < -0.3 is 4.74 Å². The molecular weight excluding hydrogens is 513 g/mol. The lowest BCUT2D eigenvalue weighted by atomic mass is 9.76. The van der Waals surface area contributed by atoms with Gasteiger partial charge in [-0.1, -0.05) is 85.0 Å². The molecule has 0 aliphatic heterocycles. The molecule has 0 saturated heterocycles. The molecule has 0 unspecified atom stereocenters. The Morgan fingerprint density at radius 2 is 1.66 bits per heavy atom. The van der Waals surface area contributed by atoms with Crippen LogP contribution in [0.1, 0.15) is 135 Å². The first-order chi connectivity index (χ1) is 19.8. The SMILES string of the molecule is CCCCCCCC1CCC(c2cnc(-c3ccc(OC(=O)[C@](C)(C#N)[C@H](C)CCCCCC)c(F)c3)nc2)CC1. The maximum absolute atomic E-state index is 15.0. The van der Waals surface area contributed by atoms with E-state index in [4.69, 9.17) is 4.74 Å². The van der Waals surface area contributed by atoms with Crippen LogP contribution in [-0.4, -0.2) is 15.9 Å². The lowest BCUT2D eigenvalue weighted by Crippen LogP contribution is -2.36. The van der Waals surface area contributed by atoms with Gasteiger partial charge in [0.15, 0.2) is 22.8 Å². The van der Waals surface area contributed by atoms with E-state index in [0.29, 0.717) is 17.3 Å². The van der Waals surface area contributed by atoms with Gasteiger partial charge in [-0.05, 0) is 80.5 Å². The third-order valence-electron chi connectivity index (χ3n) is 9.23. The molecule has 0 amide bonds. The van der Waals surface area contributed by atoms with Crippen LogP contribution in [-0.2, 0) is 4.79 Å². The van der Waals surface area contributed by atoms with Crippen molar-refractivity contribution in [3.8, 4) is 23.2 Å². The van der Waals surface area contributed by atoms with Crippen molar-refractivity contribution in [1.82, 2.24) is 9.97 Å². The molecule has 1 aliphatic rings. The van der Waals surface area contributed by atoms with E-state index < -0.39 is 17.2 Å². The summed E-state index contributed by atoms with van der Waals surface area (Å²) in [6.07, 6.45) is 21.8. The number of carbonyl (C=O) groups is 1. The molecule has 5 nitrogen and oxygen atoms in total. The van der Waals surface area contributed by atoms with Crippen LogP contribution < -0.4 is 4.74 Å². The summed E-state index contributed by atoms with van der Waals surface area (Å²) in [5, 5.41) is 9.80. The molecule has 0 N–H and O–H groups in total. The number of nitrogens with zero attached hydrogens (tertiary/aromatic N) is 3. The van der Waals surface area contributed by atoms with Crippen molar-refractivity contribution in [1.29, 1.82) is 5.26 Å². The molecule has 1 heterocycles. The number of ether oxygens (including phenoxy) is 1. The van der Waals surface area contributed by atoms with Gasteiger partial charge in [0.2, 0.25) is 0 Å². The Morgan fingerprint density at radius 3 is 2.27 bits per heavy atom. The van der Waals surface area contributed by atoms with Crippen molar-refractivity contribution >= 4 is 5.97 Å². The Balaban J connectivity index is 1.55. The molecule has 0 bridgehead atoms. The maximum atomic E-state index is 15.0. The van der Waals surface area contributed by atoms with E-state index in [2.05, 4.69) is 29.9 Å². The second-order valence-electron chi connectivity index (χ2n) is 12.4. The number of unbranched alkanes of at least 4 members (excludes halogenated alkanes) is 7. The number of benzene rings is 1. The molecular formula is C35H50FN3O2. The first-order valence-electron chi connectivity index (χ1n) is 16.1. The average Bonchev–Trinajstić information content (AvgIpc) is 3.00. The van der Waals surface area contributed by atoms with E-state index in [0.717, 1.165) is 43.6 Å². The summed E-state index contributed by atoms with van der Waals surface area (Å²) in [5.74, 6) is 0.00249. The molecule has 1 fully saturated rings. The van der Waals surface area contributed by atoms with E-state index in [9.17, 15) is 10.1 Å². The van der Waals surface area contributed by atoms with E-state index in [-0.39, 0.29) is 11.7 Å². The van der Waals surface area contributed by atoms with Crippen molar-refractivity contribution < 1.29 is 13.9 Å². The minimum absolute atomic E-state index is 0.183. The number of halogens is 1. The number of rotatable bonds is 16. The molecule has 224 valence electrons. The smallest absolute Gasteiger partial charge is 0.331 e. The van der Waals surface area contributed by atoms with E-state index in [1.807, 2.05) is 19.3 Å². The molecule has 1 aromatic heterocycles. The van der Waals surface area contributed by atoms with Gasteiger partial charge in [-0.3, -0.25) is 0 Å². The summed E-state index contributed by atoms with van der Waals surface area (Å²) >= 11 is 0. The highest BCUT2D eigenvalue weighted by atomic mass is 19.1. The fourth-order valence-corrected chi connectivity index (χ4v) is 5.97. The van der Waals surface area contributed by atoms with Gasteiger partial charge in [0, 0.05) is 18.0 Å². The second-order valence-corrected chi connectivity index (χ2v) is 12.4. The van der Waals surface area contributed by atoms with Gasteiger partial charge in [-0.25, -0.2) is 19.2 Å². The normalized spacial score (nSPS) is 19.2. The van der Waals surface area contributed by atoms with Crippen LogP contribution in [0, 0.1) is 34.4 Å². The third-order valence-corrected chi connectivity index (χ3v) is 9.23. The van der Waals surface area contributed by atoms with Crippen LogP contribution in [0.15, 0.2) is 30.6 Å². The van der Waals surface area contributed by atoms with Crippen LogP contribution in [0.4, 0.5) is 4.39 Å². The van der Waals surface area contributed by atoms with Gasteiger partial charge in [-0.2, -0.15) is 5.26 Å². The molecule has 2 atom stereocenters. The van der Waals surface area contributed by atoms with Crippen LogP contribution in [0.5, 0.6) is 5.75 Å². The average molecular weight is 564 g/mol. The van der Waals surface area contributed by atoms with Gasteiger partial charge in [0.1, 0.15) is 0 Å². The van der Waals surface area contributed by atoms with Crippen molar-refractivity contribution in [3.05, 3.63) is 42.0 Å². The topological polar surface area (TPSA) is 75.9 Å². The summed E-state index contributed by atoms with van der Waals surface area (Å²) in [7, 11) is 0. The highest BCUT2D eigenvalue weighted by Gasteiger charge is 2.41. The van der Waals surface area contributed by atoms with E-state index in [1.54, 1.807) is 13.0 Å². The number of nitriles is 1. The molecule has 2 aromatic rings. The number of aromatic nitrogens is 2. The van der Waals surface area contributed by atoms with Crippen LogP contribution in [0.2, 0.25) is 0 Å². The van der Waals surface area contributed by atoms with Gasteiger partial charge in [-0.15, -0.1) is 0 Å². The molecule has 0 spiro atoms. The molecule has 0 radical (unpaired) electrons. The highest BCUT2D eigenvalue weighted by molar-refractivity contribution is 5.82. The standard InChI is InChI=1S/C35H50FN3O2/c1-5-7-9-11-13-15-27-16-18-28(19-17-27)30-23-38-33(39-24-30)29-20-21-32(31(36)22-29)41-34(40)35(4,25-37)26(3)14-12-10-8-6-2/h20-24,26-28H,5-19H2,1-4H3/t26-,27?,28?,35-/m1/s1. The van der Waals surface area contributed by atoms with Gasteiger partial charge in [0.05, 0.1) is 6.07 Å². The molecule has 41 heavy (non-hydrogen) atoms. The van der Waals surface area contributed by atoms with Crippen molar-refractivity contribution in [2.24, 2.45) is 17.3 Å². The van der Waals surface area contributed by atoms with Crippen LogP contribution >= 0.6 is 0 Å². The minimum Gasteiger partial charge on any atom is -0.422 e. The van der Waals surface area contributed by atoms with E-state index >= 15 is 4.39 Å². The molecule has 1 aromatic carbocycles. The molecule has 6 heteroatoms.